The van der Waals surface area contributed by atoms with Gasteiger partial charge in [0.25, 0.3) is 0 Å². The summed E-state index contributed by atoms with van der Waals surface area (Å²) in [5, 5.41) is 4.30. The third kappa shape index (κ3) is 3.46. The molecular formula is C24H37N3O3. The lowest BCUT2D eigenvalue weighted by Crippen LogP contribution is -2.51. The minimum absolute atomic E-state index is 0.0553. The summed E-state index contributed by atoms with van der Waals surface area (Å²) >= 11 is 0. The molecule has 4 aliphatic carbocycles. The van der Waals surface area contributed by atoms with Crippen molar-refractivity contribution in [2.24, 2.45) is 45.3 Å². The lowest BCUT2D eigenvalue weighted by molar-refractivity contribution is -0.148. The van der Waals surface area contributed by atoms with Gasteiger partial charge in [0.05, 0.1) is 0 Å². The fourth-order valence-corrected chi connectivity index (χ4v) is 7.87. The first-order valence-electron chi connectivity index (χ1n) is 11.6. The Balaban J connectivity index is 1.54. The maximum atomic E-state index is 11.4. The number of esters is 1. The number of carbonyl (C=O) groups is 2. The van der Waals surface area contributed by atoms with E-state index in [0.29, 0.717) is 23.7 Å². The SMILES string of the molecule is CC(=O)OC1CCC2(C)C(=CCC3C2CCC2(C)C(C(C)=NNC(N)=O)CCC32)C1. The van der Waals surface area contributed by atoms with Crippen LogP contribution in [0.2, 0.25) is 0 Å². The van der Waals surface area contributed by atoms with Crippen molar-refractivity contribution in [1.29, 1.82) is 0 Å². The first-order chi connectivity index (χ1) is 14.1. The molecule has 0 bridgehead atoms. The molecule has 0 aliphatic heterocycles. The third-order valence-corrected chi connectivity index (χ3v) is 9.24. The van der Waals surface area contributed by atoms with Crippen LogP contribution in [0.15, 0.2) is 16.8 Å². The minimum atomic E-state index is -0.597. The van der Waals surface area contributed by atoms with Crippen LogP contribution in [0.5, 0.6) is 0 Å². The second-order valence-electron chi connectivity index (χ2n) is 10.6. The number of amides is 2. The van der Waals surface area contributed by atoms with Crippen molar-refractivity contribution in [3.05, 3.63) is 11.6 Å². The topological polar surface area (TPSA) is 93.8 Å². The Morgan fingerprint density at radius 1 is 1.13 bits per heavy atom. The van der Waals surface area contributed by atoms with Crippen molar-refractivity contribution in [2.75, 3.05) is 0 Å². The summed E-state index contributed by atoms with van der Waals surface area (Å²) in [6.07, 6.45) is 11.5. The van der Waals surface area contributed by atoms with E-state index in [0.717, 1.165) is 37.8 Å². The number of nitrogens with one attached hydrogen (secondary N) is 1. The van der Waals surface area contributed by atoms with Crippen LogP contribution in [0.4, 0.5) is 4.79 Å². The molecule has 0 heterocycles. The van der Waals surface area contributed by atoms with E-state index >= 15 is 0 Å². The zero-order chi connectivity index (χ0) is 21.7. The predicted molar refractivity (Wildman–Crippen MR) is 117 cm³/mol. The molecule has 0 saturated heterocycles. The van der Waals surface area contributed by atoms with Crippen LogP contribution in [-0.2, 0) is 9.53 Å². The van der Waals surface area contributed by atoms with Crippen LogP contribution in [-0.4, -0.2) is 23.8 Å². The van der Waals surface area contributed by atoms with E-state index in [1.165, 1.54) is 31.8 Å². The standard InChI is InChI=1S/C24H37N3O3/c1-14(26-27-22(25)29)19-7-8-20-18-6-5-16-13-17(30-15(2)28)9-11-23(16,3)21(18)10-12-24(19,20)4/h5,17-21H,6-13H2,1-4H3,(H3,25,27,29). The highest BCUT2D eigenvalue weighted by molar-refractivity contribution is 5.86. The molecule has 30 heavy (non-hydrogen) atoms. The maximum Gasteiger partial charge on any atom is 0.332 e. The minimum Gasteiger partial charge on any atom is -0.462 e. The smallest absolute Gasteiger partial charge is 0.332 e. The van der Waals surface area contributed by atoms with Gasteiger partial charge in [0, 0.05) is 25.0 Å². The van der Waals surface area contributed by atoms with Gasteiger partial charge < -0.3 is 10.5 Å². The molecule has 0 spiro atoms. The van der Waals surface area contributed by atoms with E-state index in [-0.39, 0.29) is 22.9 Å². The average Bonchev–Trinajstić information content (AvgIpc) is 3.03. The van der Waals surface area contributed by atoms with Gasteiger partial charge >= 0.3 is 12.0 Å². The molecule has 6 heteroatoms. The molecule has 166 valence electrons. The second kappa shape index (κ2) is 7.69. The molecule has 3 fully saturated rings. The molecule has 0 aromatic rings. The van der Waals surface area contributed by atoms with Crippen molar-refractivity contribution in [1.82, 2.24) is 5.43 Å². The molecule has 4 aliphatic rings. The molecule has 3 saturated carbocycles. The summed E-state index contributed by atoms with van der Waals surface area (Å²) in [7, 11) is 0. The number of allylic oxidation sites excluding steroid dienone is 1. The zero-order valence-corrected chi connectivity index (χ0v) is 18.9. The predicted octanol–water partition coefficient (Wildman–Crippen LogP) is 4.54. The summed E-state index contributed by atoms with van der Waals surface area (Å²) in [6, 6.07) is -0.597. The second-order valence-corrected chi connectivity index (χ2v) is 10.6. The Morgan fingerprint density at radius 2 is 1.90 bits per heavy atom. The highest BCUT2D eigenvalue weighted by Gasteiger charge is 2.59. The van der Waals surface area contributed by atoms with Crippen LogP contribution in [0.1, 0.15) is 79.1 Å². The molecular weight excluding hydrogens is 378 g/mol. The van der Waals surface area contributed by atoms with Crippen LogP contribution in [0.3, 0.4) is 0 Å². The lowest BCUT2D eigenvalue weighted by atomic mass is 9.47. The maximum absolute atomic E-state index is 11.4. The van der Waals surface area contributed by atoms with E-state index in [1.54, 1.807) is 0 Å². The Hall–Kier alpha value is -1.85. The fraction of sp³-hybridized carbons (Fsp3) is 0.792. The van der Waals surface area contributed by atoms with Gasteiger partial charge in [-0.1, -0.05) is 25.5 Å². The van der Waals surface area contributed by atoms with Gasteiger partial charge in [0.2, 0.25) is 0 Å². The largest absolute Gasteiger partial charge is 0.462 e. The molecule has 2 amide bonds. The van der Waals surface area contributed by atoms with Crippen molar-refractivity contribution >= 4 is 17.7 Å². The van der Waals surface area contributed by atoms with Gasteiger partial charge in [-0.3, -0.25) is 4.79 Å². The number of primary amides is 1. The van der Waals surface area contributed by atoms with Gasteiger partial charge in [-0.2, -0.15) is 5.10 Å². The third-order valence-electron chi connectivity index (χ3n) is 9.24. The Morgan fingerprint density at radius 3 is 2.60 bits per heavy atom. The molecule has 0 aromatic heterocycles. The Kier molecular flexibility index (Phi) is 5.48. The number of hydrazone groups is 1. The molecule has 7 unspecified atom stereocenters. The van der Waals surface area contributed by atoms with Crippen LogP contribution in [0, 0.1) is 34.5 Å². The number of ether oxygens (including phenoxy) is 1. The first kappa shape index (κ1) is 21.4. The summed E-state index contributed by atoms with van der Waals surface area (Å²) in [5.41, 5.74) is 10.7. The quantitative estimate of drug-likeness (QED) is 0.307. The van der Waals surface area contributed by atoms with Gasteiger partial charge in [-0.25, -0.2) is 10.2 Å². The molecule has 6 nitrogen and oxygen atoms in total. The van der Waals surface area contributed by atoms with E-state index in [1.807, 2.05) is 6.92 Å². The molecule has 3 N–H and O–H groups in total. The summed E-state index contributed by atoms with van der Waals surface area (Å²) in [6.45, 7) is 8.48. The van der Waals surface area contributed by atoms with Gasteiger partial charge in [-0.15, -0.1) is 0 Å². The monoisotopic (exact) mass is 415 g/mol. The normalized spacial score (nSPS) is 43.0. The van der Waals surface area contributed by atoms with E-state index in [4.69, 9.17) is 10.5 Å². The van der Waals surface area contributed by atoms with Crippen molar-refractivity contribution in [3.63, 3.8) is 0 Å². The molecule has 7 atom stereocenters. The van der Waals surface area contributed by atoms with E-state index < -0.39 is 6.03 Å². The zero-order valence-electron chi connectivity index (χ0n) is 18.9. The average molecular weight is 416 g/mol. The number of hydrogen-bond donors (Lipinski definition) is 2. The molecule has 0 radical (unpaired) electrons. The first-order valence-corrected chi connectivity index (χ1v) is 11.6. The summed E-state index contributed by atoms with van der Waals surface area (Å²) in [4.78, 5) is 22.5. The number of urea groups is 1. The summed E-state index contributed by atoms with van der Waals surface area (Å²) in [5.74, 6) is 2.37. The number of hydrogen-bond acceptors (Lipinski definition) is 4. The van der Waals surface area contributed by atoms with Crippen LogP contribution >= 0.6 is 0 Å². The van der Waals surface area contributed by atoms with E-state index in [9.17, 15) is 9.59 Å². The lowest BCUT2D eigenvalue weighted by Gasteiger charge is -2.58. The fourth-order valence-electron chi connectivity index (χ4n) is 7.87. The Bertz CT molecular complexity index is 791. The number of nitrogens with zero attached hydrogens (tertiary/aromatic N) is 1. The van der Waals surface area contributed by atoms with Crippen LogP contribution in [0.25, 0.3) is 0 Å². The highest BCUT2D eigenvalue weighted by atomic mass is 16.5. The molecule has 4 rings (SSSR count). The molecule has 0 aromatic carbocycles. The number of nitrogens with two attached hydrogens (primary N) is 1. The van der Waals surface area contributed by atoms with Gasteiger partial charge in [0.1, 0.15) is 6.10 Å². The van der Waals surface area contributed by atoms with Crippen LogP contribution < -0.4 is 11.2 Å². The van der Waals surface area contributed by atoms with Gasteiger partial charge in [0.15, 0.2) is 0 Å². The van der Waals surface area contributed by atoms with Crippen molar-refractivity contribution in [3.8, 4) is 0 Å². The number of rotatable bonds is 3. The van der Waals surface area contributed by atoms with Crippen molar-refractivity contribution < 1.29 is 14.3 Å². The highest BCUT2D eigenvalue weighted by Crippen LogP contribution is 2.66. The van der Waals surface area contributed by atoms with Crippen molar-refractivity contribution in [2.45, 2.75) is 85.2 Å². The summed E-state index contributed by atoms with van der Waals surface area (Å²) < 4.78 is 5.56. The van der Waals surface area contributed by atoms with E-state index in [2.05, 4.69) is 30.5 Å². The number of carbonyl (C=O) groups excluding carboxylic acids is 2. The Labute approximate surface area is 180 Å². The van der Waals surface area contributed by atoms with Gasteiger partial charge in [-0.05, 0) is 80.5 Å². The number of fused-ring (bicyclic) bond motifs is 5.